The van der Waals surface area contributed by atoms with E-state index in [1.54, 1.807) is 0 Å². The van der Waals surface area contributed by atoms with Gasteiger partial charge in [0.15, 0.2) is 0 Å². The molecule has 11 heavy (non-hydrogen) atoms. The summed E-state index contributed by atoms with van der Waals surface area (Å²) in [6.07, 6.45) is 0.376. The summed E-state index contributed by atoms with van der Waals surface area (Å²) in [7, 11) is 0. The largest absolute Gasteiger partial charge is 0.377 e. The van der Waals surface area contributed by atoms with Gasteiger partial charge < -0.3 is 15.8 Å². The molecule has 4 heteroatoms. The molecule has 64 valence electrons. The molecule has 0 aliphatic carbocycles. The minimum absolute atomic E-state index is 0.152. The number of hydrogen-bond donors (Lipinski definition) is 2. The molecule has 3 N–H and O–H groups in total. The Morgan fingerprint density at radius 3 is 2.64 bits per heavy atom. The second-order valence-electron chi connectivity index (χ2n) is 2.95. The van der Waals surface area contributed by atoms with Crippen LogP contribution in [0.3, 0.4) is 0 Å². The first-order valence-corrected chi connectivity index (χ1v) is 3.80. The van der Waals surface area contributed by atoms with E-state index < -0.39 is 0 Å². The first-order valence-electron chi connectivity index (χ1n) is 3.80. The second-order valence-corrected chi connectivity index (χ2v) is 2.95. The minimum atomic E-state index is -0.269. The third-order valence-corrected chi connectivity index (χ3v) is 1.82. The van der Waals surface area contributed by atoms with Crippen LogP contribution in [0, 0.1) is 0 Å². The first kappa shape index (κ1) is 8.49. The van der Waals surface area contributed by atoms with Gasteiger partial charge in [-0.1, -0.05) is 6.92 Å². The molecule has 1 saturated heterocycles. The summed E-state index contributed by atoms with van der Waals surface area (Å²) in [5.41, 5.74) is 4.93. The molecule has 0 unspecified atom stereocenters. The van der Waals surface area contributed by atoms with Gasteiger partial charge in [-0.3, -0.25) is 4.79 Å². The van der Waals surface area contributed by atoms with Crippen molar-refractivity contribution in [3.05, 3.63) is 0 Å². The van der Waals surface area contributed by atoms with Crippen molar-refractivity contribution in [3.8, 4) is 0 Å². The van der Waals surface area contributed by atoms with Gasteiger partial charge in [-0.15, -0.1) is 0 Å². The molecule has 0 spiro atoms. The van der Waals surface area contributed by atoms with Crippen LogP contribution in [0.25, 0.3) is 0 Å². The summed E-state index contributed by atoms with van der Waals surface area (Å²) in [4.78, 5) is 10.6. The van der Waals surface area contributed by atoms with E-state index in [0.717, 1.165) is 6.54 Å². The van der Waals surface area contributed by atoms with Gasteiger partial charge in [0.2, 0.25) is 5.91 Å². The molecule has 1 aliphatic heterocycles. The number of likely N-dealkylation sites (N-methyl/N-ethyl adjacent to an activating group) is 1. The number of nitrogens with one attached hydrogen (secondary N) is 1. The first-order chi connectivity index (χ1) is 5.18. The predicted molar refractivity (Wildman–Crippen MR) is 41.0 cm³/mol. The normalized spacial score (nSPS) is 20.8. The standard InChI is InChI=1S/C7H14N2O2/c1-2-9-7(3-6(8)10)4-11-5-7/h9H,2-5H2,1H3,(H2,8,10). The molecule has 1 heterocycles. The van der Waals surface area contributed by atoms with Crippen LogP contribution in [0.5, 0.6) is 0 Å². The molecule has 1 amide bonds. The molecule has 0 aromatic rings. The highest BCUT2D eigenvalue weighted by molar-refractivity contribution is 5.75. The number of amides is 1. The van der Waals surface area contributed by atoms with E-state index in [9.17, 15) is 4.79 Å². The van der Waals surface area contributed by atoms with Crippen molar-refractivity contribution in [3.63, 3.8) is 0 Å². The number of carbonyl (C=O) groups excluding carboxylic acids is 1. The number of hydrogen-bond acceptors (Lipinski definition) is 3. The monoisotopic (exact) mass is 158 g/mol. The number of ether oxygens (including phenoxy) is 1. The summed E-state index contributed by atoms with van der Waals surface area (Å²) in [5, 5.41) is 3.20. The highest BCUT2D eigenvalue weighted by atomic mass is 16.5. The molecule has 1 rings (SSSR count). The van der Waals surface area contributed by atoms with Crippen LogP contribution < -0.4 is 11.1 Å². The Balaban J connectivity index is 2.39. The molecular weight excluding hydrogens is 144 g/mol. The topological polar surface area (TPSA) is 64.3 Å². The van der Waals surface area contributed by atoms with Crippen molar-refractivity contribution >= 4 is 5.91 Å². The Labute approximate surface area is 66.1 Å². The lowest BCUT2D eigenvalue weighted by Gasteiger charge is -2.41. The van der Waals surface area contributed by atoms with Crippen LogP contribution in [0.15, 0.2) is 0 Å². The predicted octanol–water partition coefficient (Wildman–Crippen LogP) is -0.760. The zero-order valence-corrected chi connectivity index (χ0v) is 6.72. The van der Waals surface area contributed by atoms with Crippen LogP contribution in [-0.2, 0) is 9.53 Å². The third-order valence-electron chi connectivity index (χ3n) is 1.82. The van der Waals surface area contributed by atoms with E-state index >= 15 is 0 Å². The Kier molecular flexibility index (Phi) is 2.46. The number of carbonyl (C=O) groups is 1. The van der Waals surface area contributed by atoms with Crippen molar-refractivity contribution in [2.75, 3.05) is 19.8 Å². The maximum absolute atomic E-state index is 10.6. The molecule has 0 aromatic heterocycles. The summed E-state index contributed by atoms with van der Waals surface area (Å²) in [5.74, 6) is -0.269. The van der Waals surface area contributed by atoms with Gasteiger partial charge in [-0.25, -0.2) is 0 Å². The number of rotatable bonds is 4. The fourth-order valence-corrected chi connectivity index (χ4v) is 1.32. The van der Waals surface area contributed by atoms with Gasteiger partial charge in [0.1, 0.15) is 0 Å². The van der Waals surface area contributed by atoms with Crippen molar-refractivity contribution in [1.82, 2.24) is 5.32 Å². The van der Waals surface area contributed by atoms with E-state index in [1.165, 1.54) is 0 Å². The van der Waals surface area contributed by atoms with E-state index in [2.05, 4.69) is 5.32 Å². The zero-order valence-electron chi connectivity index (χ0n) is 6.72. The molecule has 0 radical (unpaired) electrons. The summed E-state index contributed by atoms with van der Waals surface area (Å²) >= 11 is 0. The van der Waals surface area contributed by atoms with E-state index in [0.29, 0.717) is 19.6 Å². The van der Waals surface area contributed by atoms with E-state index in [4.69, 9.17) is 10.5 Å². The summed E-state index contributed by atoms with van der Waals surface area (Å²) in [6.45, 7) is 4.05. The van der Waals surface area contributed by atoms with Gasteiger partial charge >= 0.3 is 0 Å². The van der Waals surface area contributed by atoms with E-state index in [1.807, 2.05) is 6.92 Å². The molecular formula is C7H14N2O2. The second kappa shape index (κ2) is 3.19. The lowest BCUT2D eigenvalue weighted by molar-refractivity contribution is -0.128. The lowest BCUT2D eigenvalue weighted by atomic mass is 9.93. The molecule has 4 nitrogen and oxygen atoms in total. The third kappa shape index (κ3) is 1.91. The molecule has 0 bridgehead atoms. The van der Waals surface area contributed by atoms with Crippen molar-refractivity contribution in [1.29, 1.82) is 0 Å². The Bertz CT molecular complexity index is 155. The zero-order chi connectivity index (χ0) is 8.32. The fraction of sp³-hybridized carbons (Fsp3) is 0.857. The minimum Gasteiger partial charge on any atom is -0.377 e. The maximum atomic E-state index is 10.6. The van der Waals surface area contributed by atoms with Gasteiger partial charge in [0.25, 0.3) is 0 Å². The number of nitrogens with two attached hydrogens (primary N) is 1. The van der Waals surface area contributed by atoms with Crippen molar-refractivity contribution < 1.29 is 9.53 Å². The molecule has 0 saturated carbocycles. The van der Waals surface area contributed by atoms with Crippen LogP contribution in [-0.4, -0.2) is 31.2 Å². The van der Waals surface area contributed by atoms with Crippen LogP contribution >= 0.6 is 0 Å². The molecule has 0 atom stereocenters. The number of primary amides is 1. The van der Waals surface area contributed by atoms with Crippen LogP contribution in [0.1, 0.15) is 13.3 Å². The average molecular weight is 158 g/mol. The summed E-state index contributed by atoms with van der Waals surface area (Å²) < 4.78 is 5.02. The molecule has 0 aromatic carbocycles. The Hall–Kier alpha value is -0.610. The summed E-state index contributed by atoms with van der Waals surface area (Å²) in [6, 6.07) is 0. The van der Waals surface area contributed by atoms with Gasteiger partial charge in [0, 0.05) is 6.42 Å². The van der Waals surface area contributed by atoms with Crippen LogP contribution in [0.2, 0.25) is 0 Å². The van der Waals surface area contributed by atoms with Gasteiger partial charge in [0.05, 0.1) is 18.8 Å². The average Bonchev–Trinajstić information content (AvgIpc) is 1.82. The van der Waals surface area contributed by atoms with E-state index in [-0.39, 0.29) is 11.4 Å². The molecule has 1 aliphatic rings. The Morgan fingerprint density at radius 1 is 1.73 bits per heavy atom. The maximum Gasteiger partial charge on any atom is 0.219 e. The lowest BCUT2D eigenvalue weighted by Crippen LogP contribution is -2.61. The van der Waals surface area contributed by atoms with Crippen molar-refractivity contribution in [2.24, 2.45) is 5.73 Å². The fourth-order valence-electron chi connectivity index (χ4n) is 1.32. The SMILES string of the molecule is CCNC1(CC(N)=O)COC1. The van der Waals surface area contributed by atoms with Crippen LogP contribution in [0.4, 0.5) is 0 Å². The highest BCUT2D eigenvalue weighted by Gasteiger charge is 2.38. The Morgan fingerprint density at radius 2 is 2.36 bits per heavy atom. The van der Waals surface area contributed by atoms with Crippen molar-refractivity contribution in [2.45, 2.75) is 18.9 Å². The van der Waals surface area contributed by atoms with Gasteiger partial charge in [-0.05, 0) is 6.54 Å². The van der Waals surface area contributed by atoms with Gasteiger partial charge in [-0.2, -0.15) is 0 Å². The molecule has 1 fully saturated rings. The quantitative estimate of drug-likeness (QED) is 0.565. The smallest absolute Gasteiger partial charge is 0.219 e. The highest BCUT2D eigenvalue weighted by Crippen LogP contribution is 2.20.